The lowest BCUT2D eigenvalue weighted by Gasteiger charge is -2.13. The normalized spacial score (nSPS) is 21.3. The summed E-state index contributed by atoms with van der Waals surface area (Å²) in [7, 11) is 0. The van der Waals surface area contributed by atoms with Crippen molar-refractivity contribution in [3.63, 3.8) is 0 Å². The number of hydrogen-bond donors (Lipinski definition) is 2. The zero-order chi connectivity index (χ0) is 14.7. The smallest absolute Gasteiger partial charge is 0.223 e. The first kappa shape index (κ1) is 17.9. The SMILES string of the molecule is CCN[C@H](C)CNC(=O)C1CC1c1c(F)cccc1F.Cl. The Bertz CT molecular complexity index is 478. The van der Waals surface area contributed by atoms with E-state index in [0.717, 1.165) is 6.54 Å². The third-order valence-electron chi connectivity index (χ3n) is 3.63. The van der Waals surface area contributed by atoms with Crippen LogP contribution in [0.3, 0.4) is 0 Å². The molecule has 0 heterocycles. The molecule has 6 heteroatoms. The molecule has 0 saturated heterocycles. The quantitative estimate of drug-likeness (QED) is 0.846. The summed E-state index contributed by atoms with van der Waals surface area (Å²) in [5.41, 5.74) is 0.0485. The Hall–Kier alpha value is -1.20. The molecule has 21 heavy (non-hydrogen) atoms. The number of amides is 1. The molecule has 0 spiro atoms. The van der Waals surface area contributed by atoms with Crippen molar-refractivity contribution in [1.29, 1.82) is 0 Å². The fraction of sp³-hybridized carbons (Fsp3) is 0.533. The molecule has 2 unspecified atom stereocenters. The topological polar surface area (TPSA) is 41.1 Å². The number of halogens is 3. The molecule has 1 fully saturated rings. The molecule has 1 amide bonds. The molecule has 1 saturated carbocycles. The summed E-state index contributed by atoms with van der Waals surface area (Å²) in [6.07, 6.45) is 0.513. The van der Waals surface area contributed by atoms with Gasteiger partial charge in [-0.25, -0.2) is 8.78 Å². The predicted octanol–water partition coefficient (Wildman–Crippen LogP) is 2.60. The molecule has 0 radical (unpaired) electrons. The summed E-state index contributed by atoms with van der Waals surface area (Å²) in [4.78, 5) is 11.9. The molecule has 0 bridgehead atoms. The van der Waals surface area contributed by atoms with E-state index >= 15 is 0 Å². The van der Waals surface area contributed by atoms with Crippen LogP contribution in [0.25, 0.3) is 0 Å². The highest BCUT2D eigenvalue weighted by atomic mass is 35.5. The van der Waals surface area contributed by atoms with Crippen molar-refractivity contribution >= 4 is 18.3 Å². The van der Waals surface area contributed by atoms with E-state index in [4.69, 9.17) is 0 Å². The van der Waals surface area contributed by atoms with Crippen LogP contribution in [-0.4, -0.2) is 25.0 Å². The van der Waals surface area contributed by atoms with E-state index < -0.39 is 11.6 Å². The van der Waals surface area contributed by atoms with Gasteiger partial charge in [-0.15, -0.1) is 12.4 Å². The first-order valence-electron chi connectivity index (χ1n) is 6.99. The Balaban J connectivity index is 0.00000220. The standard InChI is InChI=1S/C15H20F2N2O.ClH/c1-3-18-9(2)8-19-15(20)11-7-10(11)14-12(16)5-4-6-13(14)17;/h4-6,9-11,18H,3,7-8H2,1-2H3,(H,19,20);1H/t9-,10?,11?;/m1./s1. The number of likely N-dealkylation sites (N-methyl/N-ethyl adjacent to an activating group) is 1. The fourth-order valence-electron chi connectivity index (χ4n) is 2.47. The van der Waals surface area contributed by atoms with Crippen LogP contribution in [0.1, 0.15) is 31.7 Å². The molecule has 118 valence electrons. The minimum absolute atomic E-state index is 0. The van der Waals surface area contributed by atoms with Gasteiger partial charge in [-0.1, -0.05) is 13.0 Å². The molecule has 3 atom stereocenters. The van der Waals surface area contributed by atoms with Crippen LogP contribution in [0.15, 0.2) is 18.2 Å². The summed E-state index contributed by atoms with van der Waals surface area (Å²) in [6.45, 7) is 5.33. The van der Waals surface area contributed by atoms with E-state index in [1.807, 2.05) is 13.8 Å². The average Bonchev–Trinajstić information content (AvgIpc) is 3.16. The van der Waals surface area contributed by atoms with Crippen molar-refractivity contribution in [2.45, 2.75) is 32.2 Å². The molecule has 1 aliphatic rings. The van der Waals surface area contributed by atoms with E-state index in [0.29, 0.717) is 13.0 Å². The molecule has 1 aromatic rings. The molecule has 0 aliphatic heterocycles. The monoisotopic (exact) mass is 318 g/mol. The second-order valence-electron chi connectivity index (χ2n) is 5.29. The number of rotatable bonds is 6. The Morgan fingerprint density at radius 1 is 1.38 bits per heavy atom. The maximum atomic E-state index is 13.6. The highest BCUT2D eigenvalue weighted by molar-refractivity contribution is 5.85. The zero-order valence-electron chi connectivity index (χ0n) is 12.2. The van der Waals surface area contributed by atoms with Crippen LogP contribution in [0, 0.1) is 17.6 Å². The van der Waals surface area contributed by atoms with Gasteiger partial charge in [0.1, 0.15) is 11.6 Å². The van der Waals surface area contributed by atoms with E-state index in [1.165, 1.54) is 18.2 Å². The molecular weight excluding hydrogens is 298 g/mol. The number of benzene rings is 1. The Kier molecular flexibility index (Phi) is 6.55. The minimum atomic E-state index is -0.564. The van der Waals surface area contributed by atoms with Crippen LogP contribution < -0.4 is 10.6 Å². The molecule has 1 aliphatic carbocycles. The summed E-state index contributed by atoms with van der Waals surface area (Å²) in [6, 6.07) is 3.99. The van der Waals surface area contributed by atoms with Gasteiger partial charge < -0.3 is 10.6 Å². The largest absolute Gasteiger partial charge is 0.354 e. The lowest BCUT2D eigenvalue weighted by Crippen LogP contribution is -2.39. The van der Waals surface area contributed by atoms with Crippen molar-refractivity contribution in [1.82, 2.24) is 10.6 Å². The van der Waals surface area contributed by atoms with Gasteiger partial charge in [0.25, 0.3) is 0 Å². The number of carbonyl (C=O) groups excluding carboxylic acids is 1. The molecule has 2 N–H and O–H groups in total. The van der Waals surface area contributed by atoms with Gasteiger partial charge in [0.15, 0.2) is 0 Å². The van der Waals surface area contributed by atoms with Crippen LogP contribution in [0.2, 0.25) is 0 Å². The summed E-state index contributed by atoms with van der Waals surface area (Å²) in [5.74, 6) is -1.89. The van der Waals surface area contributed by atoms with Crippen molar-refractivity contribution in [2.24, 2.45) is 5.92 Å². The molecular formula is C15H21ClF2N2O. The van der Waals surface area contributed by atoms with E-state index in [9.17, 15) is 13.6 Å². The van der Waals surface area contributed by atoms with Crippen LogP contribution >= 0.6 is 12.4 Å². The second-order valence-corrected chi connectivity index (χ2v) is 5.29. The van der Waals surface area contributed by atoms with Crippen molar-refractivity contribution in [3.05, 3.63) is 35.4 Å². The lowest BCUT2D eigenvalue weighted by molar-refractivity contribution is -0.122. The van der Waals surface area contributed by atoms with E-state index in [-0.39, 0.29) is 41.8 Å². The van der Waals surface area contributed by atoms with Gasteiger partial charge in [0.05, 0.1) is 0 Å². The Morgan fingerprint density at radius 2 is 2.00 bits per heavy atom. The molecule has 2 rings (SSSR count). The molecule has 3 nitrogen and oxygen atoms in total. The minimum Gasteiger partial charge on any atom is -0.354 e. The maximum absolute atomic E-state index is 13.6. The van der Waals surface area contributed by atoms with E-state index in [1.54, 1.807) is 0 Å². The summed E-state index contributed by atoms with van der Waals surface area (Å²) >= 11 is 0. The first-order chi connectivity index (χ1) is 9.54. The average molecular weight is 319 g/mol. The van der Waals surface area contributed by atoms with Crippen molar-refractivity contribution in [3.8, 4) is 0 Å². The van der Waals surface area contributed by atoms with Gasteiger partial charge in [0, 0.05) is 30.0 Å². The zero-order valence-corrected chi connectivity index (χ0v) is 13.0. The van der Waals surface area contributed by atoms with Gasteiger partial charge in [-0.2, -0.15) is 0 Å². The number of carbonyl (C=O) groups is 1. The highest BCUT2D eigenvalue weighted by Gasteiger charge is 2.46. The van der Waals surface area contributed by atoms with Gasteiger partial charge >= 0.3 is 0 Å². The van der Waals surface area contributed by atoms with Gasteiger partial charge in [-0.05, 0) is 32.0 Å². The predicted molar refractivity (Wildman–Crippen MR) is 80.6 cm³/mol. The Morgan fingerprint density at radius 3 is 2.57 bits per heavy atom. The lowest BCUT2D eigenvalue weighted by atomic mass is 10.1. The molecule has 1 aromatic carbocycles. The summed E-state index contributed by atoms with van der Waals surface area (Å²) in [5, 5.41) is 6.01. The van der Waals surface area contributed by atoms with Crippen LogP contribution in [0.4, 0.5) is 8.78 Å². The molecule has 0 aromatic heterocycles. The van der Waals surface area contributed by atoms with Crippen LogP contribution in [-0.2, 0) is 4.79 Å². The highest BCUT2D eigenvalue weighted by Crippen LogP contribution is 2.49. The van der Waals surface area contributed by atoms with Crippen molar-refractivity contribution in [2.75, 3.05) is 13.1 Å². The van der Waals surface area contributed by atoms with Crippen molar-refractivity contribution < 1.29 is 13.6 Å². The second kappa shape index (κ2) is 7.71. The number of nitrogens with one attached hydrogen (secondary N) is 2. The fourth-order valence-corrected chi connectivity index (χ4v) is 2.47. The first-order valence-corrected chi connectivity index (χ1v) is 6.99. The third kappa shape index (κ3) is 4.38. The van der Waals surface area contributed by atoms with Gasteiger partial charge in [0.2, 0.25) is 5.91 Å². The Labute approximate surface area is 129 Å². The van der Waals surface area contributed by atoms with Crippen LogP contribution in [0.5, 0.6) is 0 Å². The van der Waals surface area contributed by atoms with E-state index in [2.05, 4.69) is 10.6 Å². The maximum Gasteiger partial charge on any atom is 0.223 e. The van der Waals surface area contributed by atoms with Gasteiger partial charge in [-0.3, -0.25) is 4.79 Å². The summed E-state index contributed by atoms with van der Waals surface area (Å²) < 4.78 is 27.2. The number of hydrogen-bond acceptors (Lipinski definition) is 2. The third-order valence-corrected chi connectivity index (χ3v) is 3.63.